The van der Waals surface area contributed by atoms with Crippen LogP contribution >= 0.6 is 0 Å². The van der Waals surface area contributed by atoms with Gasteiger partial charge in [-0.15, -0.1) is 0 Å². The summed E-state index contributed by atoms with van der Waals surface area (Å²) in [6.07, 6.45) is 3.27. The Kier molecular flexibility index (Phi) is 6.85. The van der Waals surface area contributed by atoms with Gasteiger partial charge in [0.2, 0.25) is 0 Å². The molecule has 7 atom stereocenters. The van der Waals surface area contributed by atoms with Gasteiger partial charge in [-0.25, -0.2) is 0 Å². The first-order valence-electron chi connectivity index (χ1n) is 12.2. The van der Waals surface area contributed by atoms with Crippen LogP contribution < -0.4 is 0 Å². The van der Waals surface area contributed by atoms with Crippen molar-refractivity contribution in [2.24, 2.45) is 22.7 Å². The summed E-state index contributed by atoms with van der Waals surface area (Å²) in [4.78, 5) is 63.3. The van der Waals surface area contributed by atoms with Crippen molar-refractivity contribution in [3.05, 3.63) is 24.2 Å². The third-order valence-corrected chi connectivity index (χ3v) is 8.42. The predicted molar refractivity (Wildman–Crippen MR) is 121 cm³/mol. The molecule has 0 unspecified atom stereocenters. The van der Waals surface area contributed by atoms with Gasteiger partial charge in [-0.3, -0.25) is 19.2 Å². The lowest BCUT2D eigenvalue weighted by Crippen LogP contribution is -2.71. The van der Waals surface area contributed by atoms with Crippen LogP contribution in [0, 0.1) is 22.7 Å². The Labute approximate surface area is 208 Å². The number of ether oxygens (including phenoxy) is 4. The van der Waals surface area contributed by atoms with Crippen molar-refractivity contribution in [2.75, 3.05) is 13.2 Å². The number of ketones is 1. The minimum absolute atomic E-state index is 0.00210. The van der Waals surface area contributed by atoms with Gasteiger partial charge >= 0.3 is 17.9 Å². The van der Waals surface area contributed by atoms with E-state index < -0.39 is 64.2 Å². The van der Waals surface area contributed by atoms with Gasteiger partial charge in [0, 0.05) is 44.1 Å². The second-order valence-electron chi connectivity index (χ2n) is 10.3. The molecule has 1 aliphatic heterocycles. The molecule has 0 radical (unpaired) electrons. The number of hydrogen-bond acceptors (Lipinski definition) is 10. The van der Waals surface area contributed by atoms with Crippen LogP contribution in [0.25, 0.3) is 0 Å². The summed E-state index contributed by atoms with van der Waals surface area (Å²) < 4.78 is 27.9. The maximum absolute atomic E-state index is 14.0. The molecular formula is C26H32O10. The first kappa shape index (κ1) is 26.1. The fourth-order valence-corrected chi connectivity index (χ4v) is 6.73. The van der Waals surface area contributed by atoms with Crippen LogP contribution in [0.5, 0.6) is 0 Å². The summed E-state index contributed by atoms with van der Waals surface area (Å²) >= 11 is 0. The van der Waals surface area contributed by atoms with E-state index >= 15 is 0 Å². The number of rotatable bonds is 8. The van der Waals surface area contributed by atoms with Gasteiger partial charge in [-0.1, -0.05) is 13.3 Å². The Balaban J connectivity index is 1.89. The topological polar surface area (TPSA) is 139 Å². The molecule has 0 bridgehead atoms. The van der Waals surface area contributed by atoms with Crippen molar-refractivity contribution in [1.29, 1.82) is 0 Å². The highest BCUT2D eigenvalue weighted by atomic mass is 16.6. The van der Waals surface area contributed by atoms with Crippen molar-refractivity contribution in [3.63, 3.8) is 0 Å². The largest absolute Gasteiger partial charge is 0.472 e. The fraction of sp³-hybridized carbons (Fsp3) is 0.654. The van der Waals surface area contributed by atoms with Crippen LogP contribution in [0.15, 0.2) is 23.0 Å². The quantitative estimate of drug-likeness (QED) is 0.225. The fourth-order valence-electron chi connectivity index (χ4n) is 6.73. The number of hydrogen-bond donors (Lipinski definition) is 0. The van der Waals surface area contributed by atoms with E-state index in [9.17, 15) is 24.0 Å². The molecule has 0 N–H and O–H groups in total. The summed E-state index contributed by atoms with van der Waals surface area (Å²) in [5, 5.41) is 0. The third kappa shape index (κ3) is 4.05. The highest BCUT2D eigenvalue weighted by Gasteiger charge is 2.78. The van der Waals surface area contributed by atoms with Gasteiger partial charge in [0.1, 0.15) is 24.6 Å². The highest BCUT2D eigenvalue weighted by Crippen LogP contribution is 2.68. The van der Waals surface area contributed by atoms with Gasteiger partial charge < -0.3 is 28.2 Å². The van der Waals surface area contributed by atoms with Gasteiger partial charge in [-0.2, -0.15) is 0 Å². The van der Waals surface area contributed by atoms with Crippen molar-refractivity contribution < 1.29 is 47.3 Å². The average Bonchev–Trinajstić information content (AvgIpc) is 3.37. The minimum atomic E-state index is -1.33. The van der Waals surface area contributed by atoms with E-state index in [2.05, 4.69) is 0 Å². The highest BCUT2D eigenvalue weighted by molar-refractivity contribution is 5.93. The molecule has 2 heterocycles. The molecular weight excluding hydrogens is 472 g/mol. The summed E-state index contributed by atoms with van der Waals surface area (Å²) in [7, 11) is 0. The van der Waals surface area contributed by atoms with Crippen molar-refractivity contribution in [3.8, 4) is 0 Å². The number of furan rings is 1. The summed E-state index contributed by atoms with van der Waals surface area (Å²) in [5.41, 5.74) is -2.94. The smallest absolute Gasteiger partial charge is 0.303 e. The average molecular weight is 505 g/mol. The number of carbonyl (C=O) groups is 5. The predicted octanol–water partition coefficient (Wildman–Crippen LogP) is 2.73. The Morgan fingerprint density at radius 3 is 2.44 bits per heavy atom. The lowest BCUT2D eigenvalue weighted by Gasteiger charge is -2.61. The van der Waals surface area contributed by atoms with Crippen LogP contribution in [-0.2, 0) is 42.9 Å². The molecule has 10 nitrogen and oxygen atoms in total. The maximum atomic E-state index is 14.0. The molecule has 0 aromatic carbocycles. The normalized spacial score (nSPS) is 35.9. The number of epoxide rings is 1. The molecule has 3 fully saturated rings. The molecule has 2 saturated carbocycles. The van der Waals surface area contributed by atoms with E-state index in [-0.39, 0.29) is 19.6 Å². The van der Waals surface area contributed by atoms with E-state index in [1.165, 1.54) is 33.3 Å². The van der Waals surface area contributed by atoms with Crippen LogP contribution in [0.1, 0.15) is 65.0 Å². The Morgan fingerprint density at radius 1 is 1.19 bits per heavy atom. The third-order valence-electron chi connectivity index (χ3n) is 8.42. The van der Waals surface area contributed by atoms with E-state index in [1.54, 1.807) is 13.0 Å². The Hall–Kier alpha value is -3.01. The zero-order valence-corrected chi connectivity index (χ0v) is 20.9. The van der Waals surface area contributed by atoms with E-state index in [0.717, 1.165) is 6.29 Å². The van der Waals surface area contributed by atoms with Crippen LogP contribution in [0.2, 0.25) is 0 Å². The van der Waals surface area contributed by atoms with E-state index in [0.29, 0.717) is 24.8 Å². The molecule has 1 aromatic rings. The number of aldehydes is 1. The monoisotopic (exact) mass is 504 g/mol. The standard InChI is InChI=1S/C26H32O10/c1-15-22(31)23(36-18(4)30)26(14-33-16(2)28)21(6-5-8-25(26)13-34-25)24(15,12-27)10-20(35-17(3)29)19-7-9-32-11-19/h7,9,11-12,15,20-21,23H,5-6,8,10,13-14H2,1-4H3/t15-,20+,21-,23+,24-,25+,26+/m1/s1. The lowest BCUT2D eigenvalue weighted by molar-refractivity contribution is -0.224. The summed E-state index contributed by atoms with van der Waals surface area (Å²) in [5.74, 6) is -3.67. The second kappa shape index (κ2) is 9.46. The number of fused-ring (bicyclic) bond motifs is 2. The molecule has 36 heavy (non-hydrogen) atoms. The van der Waals surface area contributed by atoms with Gasteiger partial charge in [0.05, 0.1) is 24.5 Å². The number of carbonyl (C=O) groups excluding carboxylic acids is 5. The first-order valence-corrected chi connectivity index (χ1v) is 12.2. The number of esters is 3. The van der Waals surface area contributed by atoms with Crippen LogP contribution in [0.3, 0.4) is 0 Å². The molecule has 196 valence electrons. The first-order chi connectivity index (χ1) is 17.0. The van der Waals surface area contributed by atoms with E-state index in [1.807, 2.05) is 0 Å². The van der Waals surface area contributed by atoms with E-state index in [4.69, 9.17) is 23.4 Å². The van der Waals surface area contributed by atoms with Crippen LogP contribution in [0.4, 0.5) is 0 Å². The molecule has 2 aliphatic carbocycles. The van der Waals surface area contributed by atoms with Gasteiger partial charge in [0.25, 0.3) is 0 Å². The molecule has 1 spiro atoms. The second-order valence-corrected chi connectivity index (χ2v) is 10.3. The lowest BCUT2D eigenvalue weighted by atomic mass is 9.42. The van der Waals surface area contributed by atoms with Crippen molar-refractivity contribution >= 4 is 30.0 Å². The zero-order valence-electron chi connectivity index (χ0n) is 20.9. The maximum Gasteiger partial charge on any atom is 0.303 e. The number of Topliss-reactive ketones (excluding diaryl/α,β-unsaturated/α-hetero) is 1. The molecule has 10 heteroatoms. The Morgan fingerprint density at radius 2 is 1.92 bits per heavy atom. The van der Waals surface area contributed by atoms with Gasteiger partial charge in [0.15, 0.2) is 11.9 Å². The van der Waals surface area contributed by atoms with Crippen molar-refractivity contribution in [2.45, 2.75) is 71.2 Å². The summed E-state index contributed by atoms with van der Waals surface area (Å²) in [6.45, 7) is 5.42. The van der Waals surface area contributed by atoms with Gasteiger partial charge in [-0.05, 0) is 24.8 Å². The Bertz CT molecular complexity index is 1040. The summed E-state index contributed by atoms with van der Waals surface area (Å²) in [6, 6.07) is 1.64. The molecule has 4 rings (SSSR count). The molecule has 3 aliphatic rings. The SMILES string of the molecule is CC(=O)OC[C@@]12[C@H](CCC[C@]13CO3)[C@@](C=O)(C[C@H](OC(C)=O)c1ccoc1)[C@H](C)C(=O)[C@@H]2OC(C)=O. The molecule has 0 amide bonds. The molecule has 1 saturated heterocycles. The van der Waals surface area contributed by atoms with Crippen LogP contribution in [-0.4, -0.2) is 54.9 Å². The van der Waals surface area contributed by atoms with Crippen molar-refractivity contribution in [1.82, 2.24) is 0 Å². The minimum Gasteiger partial charge on any atom is -0.472 e. The zero-order chi connectivity index (χ0) is 26.3. The molecule has 1 aromatic heterocycles.